The van der Waals surface area contributed by atoms with Crippen molar-refractivity contribution in [3.05, 3.63) is 53.9 Å². The van der Waals surface area contributed by atoms with E-state index in [2.05, 4.69) is 15.5 Å². The molecule has 0 saturated heterocycles. The molecule has 0 atom stereocenters. The number of halogens is 1. The molecule has 0 spiro atoms. The molecule has 3 aromatic rings. The Hall–Kier alpha value is -2.96. The molecule has 1 amide bonds. The normalized spacial score (nSPS) is 10.7. The molecule has 0 bridgehead atoms. The van der Waals surface area contributed by atoms with Crippen LogP contribution in [0.15, 0.2) is 45.5 Å². The minimum atomic E-state index is -0.397. The summed E-state index contributed by atoms with van der Waals surface area (Å²) >= 11 is 0. The number of anilines is 1. The first-order valence-corrected chi connectivity index (χ1v) is 7.04. The number of nitrogens with zero attached hydrogens (tertiary/aromatic N) is 2. The van der Waals surface area contributed by atoms with Crippen LogP contribution in [0.1, 0.15) is 17.9 Å². The predicted molar refractivity (Wildman–Crippen MR) is 80.1 cm³/mol. The van der Waals surface area contributed by atoms with E-state index in [0.717, 1.165) is 5.56 Å². The zero-order valence-corrected chi connectivity index (χ0v) is 12.4. The van der Waals surface area contributed by atoms with Gasteiger partial charge in [0.1, 0.15) is 5.82 Å². The third kappa shape index (κ3) is 3.63. The van der Waals surface area contributed by atoms with Gasteiger partial charge in [0.15, 0.2) is 5.76 Å². The average molecular weight is 315 g/mol. The molecule has 0 aliphatic heterocycles. The summed E-state index contributed by atoms with van der Waals surface area (Å²) < 4.78 is 23.4. The van der Waals surface area contributed by atoms with E-state index >= 15 is 0 Å². The summed E-state index contributed by atoms with van der Waals surface area (Å²) in [5.41, 5.74) is 1.24. The second-order valence-electron chi connectivity index (χ2n) is 5.00. The van der Waals surface area contributed by atoms with Crippen molar-refractivity contribution in [2.24, 2.45) is 0 Å². The Bertz CT molecular complexity index is 812. The van der Waals surface area contributed by atoms with Crippen LogP contribution in [0.3, 0.4) is 0 Å². The lowest BCUT2D eigenvalue weighted by atomic mass is 10.2. The fourth-order valence-corrected chi connectivity index (χ4v) is 2.02. The zero-order chi connectivity index (χ0) is 16.2. The van der Waals surface area contributed by atoms with Gasteiger partial charge in [0.05, 0.1) is 6.26 Å². The van der Waals surface area contributed by atoms with E-state index < -0.39 is 5.82 Å². The zero-order valence-electron chi connectivity index (χ0n) is 12.4. The predicted octanol–water partition coefficient (Wildman–Crippen LogP) is 3.35. The van der Waals surface area contributed by atoms with Gasteiger partial charge in [0.25, 0.3) is 0 Å². The lowest BCUT2D eigenvalue weighted by Crippen LogP contribution is -2.13. The number of aromatic nitrogens is 2. The molecule has 6 nitrogen and oxygen atoms in total. The number of carbonyl (C=O) groups excluding carboxylic acids is 1. The Morgan fingerprint density at radius 1 is 1.35 bits per heavy atom. The van der Waals surface area contributed by atoms with Crippen LogP contribution in [0.2, 0.25) is 0 Å². The maximum atomic E-state index is 13.2. The highest BCUT2D eigenvalue weighted by Crippen LogP contribution is 2.18. The number of hydrogen-bond acceptors (Lipinski definition) is 5. The number of carbonyl (C=O) groups is 1. The first-order chi connectivity index (χ1) is 11.1. The van der Waals surface area contributed by atoms with Crippen molar-refractivity contribution >= 4 is 11.6 Å². The maximum absolute atomic E-state index is 13.2. The highest BCUT2D eigenvalue weighted by atomic mass is 19.1. The number of benzene rings is 1. The van der Waals surface area contributed by atoms with Gasteiger partial charge in [-0.15, -0.1) is 0 Å². The van der Waals surface area contributed by atoms with Gasteiger partial charge in [0.2, 0.25) is 17.6 Å². The smallest absolute Gasteiger partial charge is 0.238 e. The number of amides is 1. The van der Waals surface area contributed by atoms with Crippen molar-refractivity contribution in [3.63, 3.8) is 0 Å². The van der Waals surface area contributed by atoms with Crippen molar-refractivity contribution in [3.8, 4) is 11.6 Å². The summed E-state index contributed by atoms with van der Waals surface area (Å²) in [6, 6.07) is 7.68. The average Bonchev–Trinajstić information content (AvgIpc) is 3.19. The van der Waals surface area contributed by atoms with Crippen LogP contribution in [-0.4, -0.2) is 16.0 Å². The fraction of sp³-hybridized carbons (Fsp3) is 0.188. The monoisotopic (exact) mass is 315 g/mol. The largest absolute Gasteiger partial charge is 0.461 e. The molecule has 0 fully saturated rings. The minimum Gasteiger partial charge on any atom is -0.461 e. The Balaban J connectivity index is 1.58. The highest BCUT2D eigenvalue weighted by molar-refractivity contribution is 5.91. The van der Waals surface area contributed by atoms with Crippen molar-refractivity contribution in [1.29, 1.82) is 0 Å². The standard InChI is InChI=1S/C16H14FN3O3/c1-10-4-5-11(17)9-12(10)18-14(21)6-7-15-19-16(20-23-15)13-3-2-8-22-13/h2-5,8-9H,6-7H2,1H3,(H,18,21). The molecule has 2 heterocycles. The van der Waals surface area contributed by atoms with Gasteiger partial charge in [-0.3, -0.25) is 4.79 Å². The molecular formula is C16H14FN3O3. The molecule has 1 aromatic carbocycles. The summed E-state index contributed by atoms with van der Waals surface area (Å²) in [6.07, 6.45) is 1.95. The van der Waals surface area contributed by atoms with Gasteiger partial charge in [-0.2, -0.15) is 4.98 Å². The summed E-state index contributed by atoms with van der Waals surface area (Å²) in [5.74, 6) is 0.524. The summed E-state index contributed by atoms with van der Waals surface area (Å²) in [6.45, 7) is 1.79. The van der Waals surface area contributed by atoms with Crippen LogP contribution in [0, 0.1) is 12.7 Å². The van der Waals surface area contributed by atoms with E-state index in [9.17, 15) is 9.18 Å². The second kappa shape index (κ2) is 6.43. The van der Waals surface area contributed by atoms with E-state index in [1.807, 2.05) is 0 Å². The van der Waals surface area contributed by atoms with E-state index in [4.69, 9.17) is 8.94 Å². The molecule has 23 heavy (non-hydrogen) atoms. The van der Waals surface area contributed by atoms with Crippen LogP contribution < -0.4 is 5.32 Å². The molecule has 0 radical (unpaired) electrons. The molecule has 0 aliphatic carbocycles. The molecule has 2 aromatic heterocycles. The fourth-order valence-electron chi connectivity index (χ4n) is 2.02. The molecule has 0 unspecified atom stereocenters. The third-order valence-electron chi connectivity index (χ3n) is 3.25. The van der Waals surface area contributed by atoms with Crippen molar-refractivity contribution in [2.45, 2.75) is 19.8 Å². The molecule has 0 aliphatic rings. The van der Waals surface area contributed by atoms with Crippen LogP contribution in [0.25, 0.3) is 11.6 Å². The number of rotatable bonds is 5. The lowest BCUT2D eigenvalue weighted by molar-refractivity contribution is -0.116. The molecule has 7 heteroatoms. The molecule has 118 valence electrons. The molecular weight excluding hydrogens is 301 g/mol. The third-order valence-corrected chi connectivity index (χ3v) is 3.25. The Morgan fingerprint density at radius 3 is 3.00 bits per heavy atom. The topological polar surface area (TPSA) is 81.2 Å². The summed E-state index contributed by atoms with van der Waals surface area (Å²) in [5, 5.41) is 6.45. The Kier molecular flexibility index (Phi) is 4.18. The van der Waals surface area contributed by atoms with Crippen LogP contribution in [-0.2, 0) is 11.2 Å². The number of aryl methyl sites for hydroxylation is 2. The molecule has 3 rings (SSSR count). The van der Waals surface area contributed by atoms with Gasteiger partial charge >= 0.3 is 0 Å². The van der Waals surface area contributed by atoms with Crippen LogP contribution in [0.4, 0.5) is 10.1 Å². The first kappa shape index (κ1) is 15.0. The van der Waals surface area contributed by atoms with Crippen molar-refractivity contribution < 1.29 is 18.1 Å². The van der Waals surface area contributed by atoms with Crippen LogP contribution in [0.5, 0.6) is 0 Å². The van der Waals surface area contributed by atoms with E-state index in [-0.39, 0.29) is 18.7 Å². The highest BCUT2D eigenvalue weighted by Gasteiger charge is 2.13. The summed E-state index contributed by atoms with van der Waals surface area (Å²) in [7, 11) is 0. The first-order valence-electron chi connectivity index (χ1n) is 7.04. The molecule has 1 N–H and O–H groups in total. The van der Waals surface area contributed by atoms with Crippen molar-refractivity contribution in [1.82, 2.24) is 10.1 Å². The van der Waals surface area contributed by atoms with Crippen LogP contribution >= 0.6 is 0 Å². The van der Waals surface area contributed by atoms with Gasteiger partial charge in [-0.25, -0.2) is 4.39 Å². The van der Waals surface area contributed by atoms with E-state index in [1.54, 1.807) is 25.1 Å². The molecule has 0 saturated carbocycles. The quantitative estimate of drug-likeness (QED) is 0.781. The van der Waals surface area contributed by atoms with E-state index in [1.165, 1.54) is 18.4 Å². The summed E-state index contributed by atoms with van der Waals surface area (Å²) in [4.78, 5) is 16.1. The van der Waals surface area contributed by atoms with Gasteiger partial charge in [0, 0.05) is 18.5 Å². The number of hydrogen-bond donors (Lipinski definition) is 1. The van der Waals surface area contributed by atoms with Gasteiger partial charge in [-0.05, 0) is 36.8 Å². The number of nitrogens with one attached hydrogen (secondary N) is 1. The van der Waals surface area contributed by atoms with E-state index in [0.29, 0.717) is 23.2 Å². The SMILES string of the molecule is Cc1ccc(F)cc1NC(=O)CCc1nc(-c2ccco2)no1. The van der Waals surface area contributed by atoms with Gasteiger partial charge in [-0.1, -0.05) is 11.2 Å². The Labute approximate surface area is 131 Å². The lowest BCUT2D eigenvalue weighted by Gasteiger charge is -2.07. The second-order valence-corrected chi connectivity index (χ2v) is 5.00. The minimum absolute atomic E-state index is 0.149. The number of furan rings is 1. The maximum Gasteiger partial charge on any atom is 0.238 e. The van der Waals surface area contributed by atoms with Gasteiger partial charge < -0.3 is 14.3 Å². The van der Waals surface area contributed by atoms with Crippen molar-refractivity contribution in [2.75, 3.05) is 5.32 Å². The Morgan fingerprint density at radius 2 is 2.22 bits per heavy atom.